The van der Waals surface area contributed by atoms with Crippen molar-refractivity contribution in [2.24, 2.45) is 11.8 Å². The smallest absolute Gasteiger partial charge is 0.420 e. The average Bonchev–Trinajstić information content (AvgIpc) is 4.09. The van der Waals surface area contributed by atoms with Crippen molar-refractivity contribution in [3.8, 4) is 22.3 Å². The minimum absolute atomic E-state index is 0.132. The van der Waals surface area contributed by atoms with Gasteiger partial charge in [0.25, 0.3) is 0 Å². The maximum atomic E-state index is 13.4. The predicted octanol–water partition coefficient (Wildman–Crippen LogP) is 10.5. The number of rotatable bonds is 8. The van der Waals surface area contributed by atoms with E-state index in [2.05, 4.69) is 10.3 Å². The van der Waals surface area contributed by atoms with Gasteiger partial charge in [0.1, 0.15) is 40.0 Å². The Bertz CT molecular complexity index is 3080. The van der Waals surface area contributed by atoms with E-state index in [9.17, 15) is 29.7 Å². The fourth-order valence-electron chi connectivity index (χ4n) is 10.3. The lowest BCUT2D eigenvalue weighted by Crippen LogP contribution is -2.28. The molecule has 4 aliphatic rings. The van der Waals surface area contributed by atoms with Crippen LogP contribution in [0.5, 0.6) is 0 Å². The van der Waals surface area contributed by atoms with Crippen LogP contribution in [0, 0.1) is 39.5 Å². The first-order valence-corrected chi connectivity index (χ1v) is 24.9. The summed E-state index contributed by atoms with van der Waals surface area (Å²) in [6.45, 7) is 25.7. The molecule has 0 spiro atoms. The van der Waals surface area contributed by atoms with E-state index in [0.29, 0.717) is 86.2 Å². The molecule has 18 heteroatoms. The van der Waals surface area contributed by atoms with Crippen molar-refractivity contribution >= 4 is 40.2 Å². The van der Waals surface area contributed by atoms with Gasteiger partial charge in [-0.1, -0.05) is 10.3 Å². The Morgan fingerprint density at radius 2 is 1.11 bits per heavy atom. The molecule has 5 unspecified atom stereocenters. The summed E-state index contributed by atoms with van der Waals surface area (Å²) in [5.41, 5.74) is 4.81. The first-order chi connectivity index (χ1) is 33.5. The molecule has 18 nitrogen and oxygen atoms in total. The molecule has 5 atom stereocenters. The van der Waals surface area contributed by atoms with Gasteiger partial charge in [-0.25, -0.2) is 28.7 Å². The molecule has 6 aromatic rings. The molecule has 0 radical (unpaired) electrons. The number of benzene rings is 2. The van der Waals surface area contributed by atoms with Crippen LogP contribution in [0.4, 0.5) is 9.59 Å². The van der Waals surface area contributed by atoms with E-state index in [-0.39, 0.29) is 11.8 Å². The third-order valence-electron chi connectivity index (χ3n) is 13.7. The monoisotopic (exact) mass is 992 g/mol. The second-order valence-electron chi connectivity index (χ2n) is 23.4. The van der Waals surface area contributed by atoms with Crippen LogP contribution in [0.3, 0.4) is 0 Å². The van der Waals surface area contributed by atoms with Crippen molar-refractivity contribution in [3.63, 3.8) is 0 Å². The normalized spacial score (nSPS) is 21.7. The molecule has 2 aromatic carbocycles. The molecule has 3 N–H and O–H groups in total. The number of fused-ring (bicyclic) bond motifs is 2. The second-order valence-corrected chi connectivity index (χ2v) is 23.4. The molecule has 6 heterocycles. The maximum Gasteiger partial charge on any atom is 0.420 e. The van der Waals surface area contributed by atoms with Crippen LogP contribution in [0.1, 0.15) is 177 Å². The Kier molecular flexibility index (Phi) is 12.7. The molecule has 0 amide bonds. The highest BCUT2D eigenvalue weighted by Crippen LogP contribution is 2.48. The SMILES string of the molecule is Cc1noc(C)c1-c1cc(C(O)C2CC(C)(C)OC2=O)c2nc(C3CC3)n(C(=O)OC(C)(C)C)c2c1.Cc1noc(C)c1-c1cc(C(O)C2CC(C)(C)OC2O)c2nc(C3CC3)n(C(=O)OC(C)(C)C)c2c1. The third-order valence-corrected chi connectivity index (χ3v) is 13.7. The lowest BCUT2D eigenvalue weighted by molar-refractivity contribution is -0.150. The molecular formula is C54H68N6O12. The van der Waals surface area contributed by atoms with Crippen molar-refractivity contribution < 1.29 is 57.7 Å². The highest BCUT2D eigenvalue weighted by atomic mass is 16.6. The summed E-state index contributed by atoms with van der Waals surface area (Å²) in [6, 6.07) is 7.42. The quantitative estimate of drug-likeness (QED) is 0.0949. The lowest BCUT2D eigenvalue weighted by Gasteiger charge is -2.22. The number of aliphatic hydroxyl groups is 3. The molecule has 2 aliphatic carbocycles. The van der Waals surface area contributed by atoms with Gasteiger partial charge < -0.3 is 43.3 Å². The van der Waals surface area contributed by atoms with Crippen molar-refractivity contribution in [2.75, 3.05) is 0 Å². The number of aromatic nitrogens is 6. The van der Waals surface area contributed by atoms with E-state index in [0.717, 1.165) is 42.4 Å². The van der Waals surface area contributed by atoms with Crippen molar-refractivity contribution in [3.05, 3.63) is 69.9 Å². The number of imidazole rings is 2. The highest BCUT2D eigenvalue weighted by Gasteiger charge is 2.47. The van der Waals surface area contributed by atoms with Gasteiger partial charge in [-0.3, -0.25) is 4.79 Å². The molecule has 10 rings (SSSR count). The van der Waals surface area contributed by atoms with Gasteiger partial charge in [0.15, 0.2) is 6.29 Å². The molecular weight excluding hydrogens is 925 g/mol. The predicted molar refractivity (Wildman–Crippen MR) is 264 cm³/mol. The number of hydrogen-bond donors (Lipinski definition) is 3. The molecule has 2 saturated heterocycles. The van der Waals surface area contributed by atoms with Crippen molar-refractivity contribution in [1.82, 2.24) is 29.4 Å². The molecule has 4 fully saturated rings. The molecule has 2 aliphatic heterocycles. The van der Waals surface area contributed by atoms with Crippen LogP contribution in [-0.2, 0) is 23.7 Å². The van der Waals surface area contributed by atoms with Gasteiger partial charge in [0, 0.05) is 46.4 Å². The Morgan fingerprint density at radius 1 is 0.681 bits per heavy atom. The Hall–Kier alpha value is -5.95. The summed E-state index contributed by atoms with van der Waals surface area (Å²) >= 11 is 0. The molecule has 386 valence electrons. The van der Waals surface area contributed by atoms with Crippen LogP contribution >= 0.6 is 0 Å². The van der Waals surface area contributed by atoms with E-state index in [1.807, 2.05) is 121 Å². The first-order valence-electron chi connectivity index (χ1n) is 24.9. The number of ether oxygens (including phenoxy) is 4. The van der Waals surface area contributed by atoms with Crippen LogP contribution in [-0.4, -0.2) is 91.6 Å². The lowest BCUT2D eigenvalue weighted by atomic mass is 9.87. The van der Waals surface area contributed by atoms with Gasteiger partial charge in [-0.15, -0.1) is 0 Å². The number of esters is 1. The van der Waals surface area contributed by atoms with Crippen molar-refractivity contribution in [2.45, 2.75) is 188 Å². The summed E-state index contributed by atoms with van der Waals surface area (Å²) in [4.78, 5) is 49.3. The van der Waals surface area contributed by atoms with Crippen LogP contribution < -0.4 is 0 Å². The fourth-order valence-corrected chi connectivity index (χ4v) is 10.3. The second kappa shape index (κ2) is 17.9. The number of carbonyl (C=O) groups excluding carboxylic acids is 3. The molecule has 4 aromatic heterocycles. The minimum Gasteiger partial charge on any atom is -0.459 e. The van der Waals surface area contributed by atoms with Gasteiger partial charge in [0.05, 0.1) is 57.2 Å². The highest BCUT2D eigenvalue weighted by molar-refractivity contribution is 5.95. The fraction of sp³-hybridized carbons (Fsp3) is 0.574. The maximum absolute atomic E-state index is 13.4. The summed E-state index contributed by atoms with van der Waals surface area (Å²) in [6.07, 6.45) is 0.153. The summed E-state index contributed by atoms with van der Waals surface area (Å²) in [5, 5.41) is 42.0. The average molecular weight is 993 g/mol. The van der Waals surface area contributed by atoms with E-state index in [4.69, 9.17) is 38.0 Å². The topological polar surface area (TPSA) is 237 Å². The molecule has 0 bridgehead atoms. The van der Waals surface area contributed by atoms with E-state index in [1.54, 1.807) is 4.57 Å². The molecule has 72 heavy (non-hydrogen) atoms. The number of aliphatic hydroxyl groups excluding tert-OH is 3. The zero-order valence-electron chi connectivity index (χ0n) is 43.8. The van der Waals surface area contributed by atoms with Gasteiger partial charge in [-0.2, -0.15) is 0 Å². The van der Waals surface area contributed by atoms with E-state index in [1.165, 1.54) is 4.57 Å². The van der Waals surface area contributed by atoms with E-state index >= 15 is 0 Å². The first kappa shape index (κ1) is 51.0. The van der Waals surface area contributed by atoms with Gasteiger partial charge in [0.2, 0.25) is 0 Å². The summed E-state index contributed by atoms with van der Waals surface area (Å²) < 4.78 is 36.6. The number of carbonyl (C=O) groups is 3. The molecule has 2 saturated carbocycles. The Balaban J connectivity index is 0.000000178. The van der Waals surface area contributed by atoms with Crippen LogP contribution in [0.25, 0.3) is 44.3 Å². The number of nitrogens with zero attached hydrogens (tertiary/aromatic N) is 6. The Morgan fingerprint density at radius 3 is 1.44 bits per heavy atom. The standard InChI is InChI=1S/C27H35N3O6.C27H33N3O6/c2*1-13-20(14(2)36-29-13)16-10-17(22(31)18-12-27(6,7)34-24(18)32)21-19(11-16)30(23(28-21)15-8-9-15)25(33)35-26(3,4)5/h10-11,15,18,22,24,31-32H,8-9,12H2,1-7H3;10-11,15,18,22,31H,8-9,12H2,1-7H3. The summed E-state index contributed by atoms with van der Waals surface area (Å²) in [7, 11) is 0. The zero-order valence-corrected chi connectivity index (χ0v) is 43.8. The third kappa shape index (κ3) is 9.94. The largest absolute Gasteiger partial charge is 0.459 e. The number of hydrogen-bond acceptors (Lipinski definition) is 16. The Labute approximate surface area is 418 Å². The van der Waals surface area contributed by atoms with E-state index < -0.39 is 70.9 Å². The van der Waals surface area contributed by atoms with Crippen LogP contribution in [0.2, 0.25) is 0 Å². The summed E-state index contributed by atoms with van der Waals surface area (Å²) in [5.74, 6) is 1.01. The van der Waals surface area contributed by atoms with Gasteiger partial charge in [-0.05, 0) is 164 Å². The number of aryl methyl sites for hydroxylation is 4. The van der Waals surface area contributed by atoms with Crippen LogP contribution in [0.15, 0.2) is 33.3 Å². The zero-order chi connectivity index (χ0) is 52.3. The minimum atomic E-state index is -1.17. The number of cyclic esters (lactones) is 1. The van der Waals surface area contributed by atoms with Gasteiger partial charge >= 0.3 is 18.2 Å². The van der Waals surface area contributed by atoms with Crippen molar-refractivity contribution in [1.29, 1.82) is 0 Å².